The lowest BCUT2D eigenvalue weighted by atomic mass is 10.0. The first kappa shape index (κ1) is 28.3. The smallest absolute Gasteiger partial charge is 0.416 e. The molecule has 1 amide bonds. The largest absolute Gasteiger partial charge is 0.497 e. The van der Waals surface area contributed by atoms with Crippen molar-refractivity contribution in [2.75, 3.05) is 17.7 Å². The molecule has 5 rings (SSSR count). The van der Waals surface area contributed by atoms with Crippen molar-refractivity contribution in [3.63, 3.8) is 0 Å². The van der Waals surface area contributed by atoms with Crippen molar-refractivity contribution >= 4 is 34.0 Å². The molecule has 0 unspecified atom stereocenters. The van der Waals surface area contributed by atoms with Gasteiger partial charge in [0.1, 0.15) is 11.6 Å². The lowest BCUT2D eigenvalue weighted by Crippen LogP contribution is -2.19. The van der Waals surface area contributed by atoms with Crippen LogP contribution in [0.25, 0.3) is 22.0 Å². The van der Waals surface area contributed by atoms with E-state index in [0.29, 0.717) is 33.6 Å². The van der Waals surface area contributed by atoms with Crippen LogP contribution in [0.2, 0.25) is 0 Å². The summed E-state index contributed by atoms with van der Waals surface area (Å²) in [6, 6.07) is 16.1. The average molecular weight is 574 g/mol. The highest BCUT2D eigenvalue weighted by Crippen LogP contribution is 2.31. The molecule has 0 aliphatic heterocycles. The Labute approximate surface area is 238 Å². The second-order valence-electron chi connectivity index (χ2n) is 9.74. The van der Waals surface area contributed by atoms with Gasteiger partial charge in [-0.05, 0) is 67.9 Å². The predicted molar refractivity (Wildman–Crippen MR) is 155 cm³/mol. The average Bonchev–Trinajstić information content (AvgIpc) is 2.96. The standard InChI is InChI=1S/C31H26F3N5O3/c1-17-8-9-26(18(2)36-17)38-28-15-27-21(16-35-28)13-25(30(41)39(27)3)20-11-23(14-24(12-20)42-4)37-29(40)19-6-5-7-22(10-19)31(32,33)34/h5-16H,1-4H3,(H,35,38)(H,37,40). The topological polar surface area (TPSA) is 98.1 Å². The van der Waals surface area contributed by atoms with Crippen molar-refractivity contribution < 1.29 is 22.7 Å². The van der Waals surface area contributed by atoms with E-state index in [0.717, 1.165) is 29.2 Å². The van der Waals surface area contributed by atoms with Crippen LogP contribution in [0.5, 0.6) is 5.75 Å². The Bertz CT molecular complexity index is 1900. The van der Waals surface area contributed by atoms with Crippen LogP contribution < -0.4 is 20.9 Å². The van der Waals surface area contributed by atoms with E-state index in [1.807, 2.05) is 26.0 Å². The van der Waals surface area contributed by atoms with Gasteiger partial charge in [-0.15, -0.1) is 0 Å². The molecule has 0 fully saturated rings. The number of aromatic nitrogens is 3. The molecule has 3 heterocycles. The highest BCUT2D eigenvalue weighted by molar-refractivity contribution is 6.04. The number of amides is 1. The Morgan fingerprint density at radius 1 is 1.00 bits per heavy atom. The number of pyridine rings is 3. The third-order valence-electron chi connectivity index (χ3n) is 6.76. The van der Waals surface area contributed by atoms with Gasteiger partial charge in [-0.3, -0.25) is 14.6 Å². The van der Waals surface area contributed by atoms with E-state index >= 15 is 0 Å². The number of alkyl halides is 3. The van der Waals surface area contributed by atoms with Crippen LogP contribution in [0.3, 0.4) is 0 Å². The number of anilines is 3. The van der Waals surface area contributed by atoms with Crippen LogP contribution in [0.15, 0.2) is 77.7 Å². The third kappa shape index (κ3) is 5.80. The highest BCUT2D eigenvalue weighted by atomic mass is 19.4. The van der Waals surface area contributed by atoms with Gasteiger partial charge < -0.3 is 19.9 Å². The Morgan fingerprint density at radius 2 is 1.79 bits per heavy atom. The summed E-state index contributed by atoms with van der Waals surface area (Å²) >= 11 is 0. The SMILES string of the molecule is COc1cc(NC(=O)c2cccc(C(F)(F)F)c2)cc(-c2cc3cnc(Nc4ccc(C)nc4C)cc3n(C)c2=O)c1. The predicted octanol–water partition coefficient (Wildman–Crippen LogP) is 6.64. The molecule has 0 aliphatic carbocycles. The Balaban J connectivity index is 1.49. The maximum absolute atomic E-state index is 13.5. The monoisotopic (exact) mass is 573 g/mol. The number of methoxy groups -OCH3 is 1. The molecule has 214 valence electrons. The van der Waals surface area contributed by atoms with E-state index in [1.54, 1.807) is 37.5 Å². The van der Waals surface area contributed by atoms with Crippen molar-refractivity contribution in [1.82, 2.24) is 14.5 Å². The van der Waals surface area contributed by atoms with Crippen molar-refractivity contribution in [1.29, 1.82) is 0 Å². The molecular formula is C31H26F3N5O3. The number of nitrogens with zero attached hydrogens (tertiary/aromatic N) is 3. The van der Waals surface area contributed by atoms with E-state index in [-0.39, 0.29) is 16.8 Å². The molecule has 11 heteroatoms. The van der Waals surface area contributed by atoms with Crippen LogP contribution in [0.4, 0.5) is 30.4 Å². The van der Waals surface area contributed by atoms with Crippen LogP contribution in [-0.4, -0.2) is 27.6 Å². The molecule has 0 saturated heterocycles. The van der Waals surface area contributed by atoms with E-state index in [9.17, 15) is 22.8 Å². The van der Waals surface area contributed by atoms with Gasteiger partial charge in [-0.2, -0.15) is 13.2 Å². The first-order valence-electron chi connectivity index (χ1n) is 12.8. The second-order valence-corrected chi connectivity index (χ2v) is 9.74. The Hall–Kier alpha value is -5.19. The zero-order chi connectivity index (χ0) is 30.2. The van der Waals surface area contributed by atoms with Crippen molar-refractivity contribution in [2.45, 2.75) is 20.0 Å². The van der Waals surface area contributed by atoms with Crippen molar-refractivity contribution in [3.05, 3.63) is 106 Å². The minimum atomic E-state index is -4.59. The van der Waals surface area contributed by atoms with Gasteiger partial charge >= 0.3 is 6.18 Å². The second kappa shape index (κ2) is 11.0. The molecule has 0 atom stereocenters. The molecule has 0 saturated carbocycles. The van der Waals surface area contributed by atoms with E-state index < -0.39 is 17.6 Å². The summed E-state index contributed by atoms with van der Waals surface area (Å²) in [6.45, 7) is 3.80. The van der Waals surface area contributed by atoms with Crippen LogP contribution in [-0.2, 0) is 13.2 Å². The van der Waals surface area contributed by atoms with E-state index in [1.165, 1.54) is 29.9 Å². The fourth-order valence-corrected chi connectivity index (χ4v) is 4.58. The van der Waals surface area contributed by atoms with E-state index in [2.05, 4.69) is 20.6 Å². The number of benzene rings is 2. The zero-order valence-electron chi connectivity index (χ0n) is 23.1. The molecule has 3 aromatic heterocycles. The molecule has 5 aromatic rings. The summed E-state index contributed by atoms with van der Waals surface area (Å²) in [5.41, 5.74) is 2.75. The maximum atomic E-state index is 13.5. The summed E-state index contributed by atoms with van der Waals surface area (Å²) < 4.78 is 46.3. The van der Waals surface area contributed by atoms with Gasteiger partial charge in [0.15, 0.2) is 0 Å². The molecular weight excluding hydrogens is 547 g/mol. The first-order valence-corrected chi connectivity index (χ1v) is 12.8. The van der Waals surface area contributed by atoms with Gasteiger partial charge in [0.25, 0.3) is 11.5 Å². The zero-order valence-corrected chi connectivity index (χ0v) is 23.1. The number of hydrogen-bond acceptors (Lipinski definition) is 6. The molecule has 0 bridgehead atoms. The fraction of sp³-hybridized carbons (Fsp3) is 0.161. The lowest BCUT2D eigenvalue weighted by Gasteiger charge is -2.14. The molecule has 8 nitrogen and oxygen atoms in total. The minimum Gasteiger partial charge on any atom is -0.497 e. The summed E-state index contributed by atoms with van der Waals surface area (Å²) in [6.07, 6.45) is -2.94. The normalized spacial score (nSPS) is 11.4. The highest BCUT2D eigenvalue weighted by Gasteiger charge is 2.31. The lowest BCUT2D eigenvalue weighted by molar-refractivity contribution is -0.137. The van der Waals surface area contributed by atoms with Gasteiger partial charge in [-0.25, -0.2) is 4.98 Å². The van der Waals surface area contributed by atoms with Crippen molar-refractivity contribution in [3.8, 4) is 16.9 Å². The number of halogens is 3. The number of fused-ring (bicyclic) bond motifs is 1. The molecule has 0 radical (unpaired) electrons. The molecule has 2 N–H and O–H groups in total. The molecule has 0 aliphatic rings. The van der Waals surface area contributed by atoms with Gasteiger partial charge in [0, 0.05) is 53.3 Å². The van der Waals surface area contributed by atoms with Gasteiger partial charge in [0.05, 0.1) is 29.6 Å². The first-order chi connectivity index (χ1) is 19.9. The number of aryl methyl sites for hydroxylation is 3. The van der Waals surface area contributed by atoms with Crippen LogP contribution in [0, 0.1) is 13.8 Å². The Morgan fingerprint density at radius 3 is 2.50 bits per heavy atom. The van der Waals surface area contributed by atoms with E-state index in [4.69, 9.17) is 4.74 Å². The number of carbonyl (C=O) groups excluding carboxylic acids is 1. The van der Waals surface area contributed by atoms with Gasteiger partial charge in [0.2, 0.25) is 0 Å². The number of rotatable bonds is 6. The summed E-state index contributed by atoms with van der Waals surface area (Å²) in [5.74, 6) is 0.142. The summed E-state index contributed by atoms with van der Waals surface area (Å²) in [4.78, 5) is 35.3. The van der Waals surface area contributed by atoms with Crippen LogP contribution in [0.1, 0.15) is 27.3 Å². The number of carbonyl (C=O) groups is 1. The minimum absolute atomic E-state index is 0.164. The summed E-state index contributed by atoms with van der Waals surface area (Å²) in [5, 5.41) is 6.54. The quantitative estimate of drug-likeness (QED) is 0.237. The maximum Gasteiger partial charge on any atom is 0.416 e. The fourth-order valence-electron chi connectivity index (χ4n) is 4.58. The summed E-state index contributed by atoms with van der Waals surface area (Å²) in [7, 11) is 3.08. The molecule has 42 heavy (non-hydrogen) atoms. The Kier molecular flexibility index (Phi) is 7.42. The number of nitrogens with one attached hydrogen (secondary N) is 2. The number of ether oxygens (including phenoxy) is 1. The molecule has 0 spiro atoms. The van der Waals surface area contributed by atoms with Gasteiger partial charge in [-0.1, -0.05) is 6.07 Å². The third-order valence-corrected chi connectivity index (χ3v) is 6.76. The molecule has 2 aromatic carbocycles. The number of hydrogen-bond donors (Lipinski definition) is 2. The van der Waals surface area contributed by atoms with Crippen LogP contribution >= 0.6 is 0 Å². The van der Waals surface area contributed by atoms with Crippen molar-refractivity contribution in [2.24, 2.45) is 7.05 Å².